The fraction of sp³-hybridized carbons (Fsp3) is 0.500. The standard InChI is InChI=1S/C14H20FN3O/c1-17-14(19)11-4-6-18(7-5-11)9-10-2-3-13(16)12(15)8-10/h2-3,8,11H,4-7,9,16H2,1H3,(H,17,19). The molecule has 1 aliphatic rings. The number of nitrogen functional groups attached to an aromatic ring is 1. The number of likely N-dealkylation sites (tertiary alicyclic amines) is 1. The summed E-state index contributed by atoms with van der Waals surface area (Å²) in [6.45, 7) is 2.44. The smallest absolute Gasteiger partial charge is 0.222 e. The summed E-state index contributed by atoms with van der Waals surface area (Å²) in [6.07, 6.45) is 1.72. The van der Waals surface area contributed by atoms with Gasteiger partial charge in [0.05, 0.1) is 5.69 Å². The van der Waals surface area contributed by atoms with E-state index in [1.54, 1.807) is 13.1 Å². The molecule has 1 aromatic rings. The quantitative estimate of drug-likeness (QED) is 0.811. The van der Waals surface area contributed by atoms with Crippen LogP contribution in [0.5, 0.6) is 0 Å². The summed E-state index contributed by atoms with van der Waals surface area (Å²) < 4.78 is 13.4. The molecule has 1 fully saturated rings. The number of piperidine rings is 1. The molecule has 2 rings (SSSR count). The van der Waals surface area contributed by atoms with Gasteiger partial charge in [0.2, 0.25) is 5.91 Å². The van der Waals surface area contributed by atoms with E-state index in [1.165, 1.54) is 6.07 Å². The Kier molecular flexibility index (Phi) is 4.37. The third kappa shape index (κ3) is 3.44. The minimum absolute atomic E-state index is 0.115. The van der Waals surface area contributed by atoms with Crippen LogP contribution in [-0.4, -0.2) is 30.9 Å². The van der Waals surface area contributed by atoms with Gasteiger partial charge in [-0.1, -0.05) is 6.07 Å². The summed E-state index contributed by atoms with van der Waals surface area (Å²) in [5, 5.41) is 2.69. The molecule has 0 atom stereocenters. The van der Waals surface area contributed by atoms with Crippen molar-refractivity contribution in [3.8, 4) is 0 Å². The van der Waals surface area contributed by atoms with E-state index in [4.69, 9.17) is 5.73 Å². The van der Waals surface area contributed by atoms with Gasteiger partial charge < -0.3 is 11.1 Å². The van der Waals surface area contributed by atoms with E-state index < -0.39 is 0 Å². The van der Waals surface area contributed by atoms with E-state index in [2.05, 4.69) is 10.2 Å². The van der Waals surface area contributed by atoms with Gasteiger partial charge in [0, 0.05) is 19.5 Å². The fourth-order valence-electron chi connectivity index (χ4n) is 2.48. The molecule has 0 aromatic heterocycles. The maximum atomic E-state index is 13.4. The summed E-state index contributed by atoms with van der Waals surface area (Å²) >= 11 is 0. The van der Waals surface area contributed by atoms with Crippen molar-refractivity contribution in [2.24, 2.45) is 5.92 Å². The average molecular weight is 265 g/mol. The molecule has 1 aromatic carbocycles. The minimum Gasteiger partial charge on any atom is -0.396 e. The summed E-state index contributed by atoms with van der Waals surface area (Å²) in [4.78, 5) is 13.8. The van der Waals surface area contributed by atoms with E-state index in [1.807, 2.05) is 6.07 Å². The normalized spacial score (nSPS) is 17.4. The van der Waals surface area contributed by atoms with Gasteiger partial charge in [-0.25, -0.2) is 4.39 Å². The van der Waals surface area contributed by atoms with Gasteiger partial charge in [-0.3, -0.25) is 9.69 Å². The van der Waals surface area contributed by atoms with Gasteiger partial charge in [-0.05, 0) is 43.6 Å². The summed E-state index contributed by atoms with van der Waals surface area (Å²) in [5.74, 6) is -0.125. The number of anilines is 1. The highest BCUT2D eigenvalue weighted by Gasteiger charge is 2.24. The Balaban J connectivity index is 1.88. The van der Waals surface area contributed by atoms with Crippen molar-refractivity contribution in [3.63, 3.8) is 0 Å². The van der Waals surface area contributed by atoms with Gasteiger partial charge in [0.15, 0.2) is 0 Å². The number of carbonyl (C=O) groups excluding carboxylic acids is 1. The number of rotatable bonds is 3. The van der Waals surface area contributed by atoms with Crippen molar-refractivity contribution in [2.75, 3.05) is 25.9 Å². The lowest BCUT2D eigenvalue weighted by Crippen LogP contribution is -2.39. The number of benzene rings is 1. The Hall–Kier alpha value is -1.62. The van der Waals surface area contributed by atoms with Crippen LogP contribution in [0.1, 0.15) is 18.4 Å². The predicted octanol–water partition coefficient (Wildman–Crippen LogP) is 1.37. The fourth-order valence-corrected chi connectivity index (χ4v) is 2.48. The molecule has 1 heterocycles. The highest BCUT2D eigenvalue weighted by Crippen LogP contribution is 2.20. The first-order valence-electron chi connectivity index (χ1n) is 6.58. The zero-order valence-electron chi connectivity index (χ0n) is 11.2. The molecular weight excluding hydrogens is 245 g/mol. The van der Waals surface area contributed by atoms with E-state index in [0.29, 0.717) is 6.54 Å². The van der Waals surface area contributed by atoms with Gasteiger partial charge >= 0.3 is 0 Å². The lowest BCUT2D eigenvalue weighted by atomic mass is 9.95. The van der Waals surface area contributed by atoms with Gasteiger partial charge in [0.1, 0.15) is 5.82 Å². The Morgan fingerprint density at radius 3 is 2.74 bits per heavy atom. The molecule has 0 unspecified atom stereocenters. The molecule has 1 amide bonds. The first-order chi connectivity index (χ1) is 9.10. The highest BCUT2D eigenvalue weighted by molar-refractivity contribution is 5.78. The molecule has 0 bridgehead atoms. The van der Waals surface area contributed by atoms with Crippen LogP contribution >= 0.6 is 0 Å². The third-order valence-electron chi connectivity index (χ3n) is 3.68. The second kappa shape index (κ2) is 6.02. The molecule has 0 radical (unpaired) electrons. The van der Waals surface area contributed by atoms with Crippen LogP contribution in [0.15, 0.2) is 18.2 Å². The average Bonchev–Trinajstić information content (AvgIpc) is 2.43. The molecular formula is C14H20FN3O. The maximum Gasteiger partial charge on any atom is 0.222 e. The summed E-state index contributed by atoms with van der Waals surface area (Å²) in [5.41, 5.74) is 6.56. The maximum absolute atomic E-state index is 13.4. The molecule has 1 aliphatic heterocycles. The Morgan fingerprint density at radius 1 is 1.47 bits per heavy atom. The monoisotopic (exact) mass is 265 g/mol. The summed E-state index contributed by atoms with van der Waals surface area (Å²) in [7, 11) is 1.67. The van der Waals surface area contributed by atoms with Crippen molar-refractivity contribution in [1.29, 1.82) is 0 Å². The highest BCUT2D eigenvalue weighted by atomic mass is 19.1. The second-order valence-electron chi connectivity index (χ2n) is 5.02. The number of nitrogens with zero attached hydrogens (tertiary/aromatic N) is 1. The van der Waals surface area contributed by atoms with Crippen LogP contribution < -0.4 is 11.1 Å². The van der Waals surface area contributed by atoms with Crippen molar-refractivity contribution in [3.05, 3.63) is 29.6 Å². The van der Waals surface area contributed by atoms with Crippen molar-refractivity contribution < 1.29 is 9.18 Å². The largest absolute Gasteiger partial charge is 0.396 e. The number of nitrogens with one attached hydrogen (secondary N) is 1. The van der Waals surface area contributed by atoms with Crippen LogP contribution in [0.3, 0.4) is 0 Å². The second-order valence-corrected chi connectivity index (χ2v) is 5.02. The van der Waals surface area contributed by atoms with Gasteiger partial charge in [-0.15, -0.1) is 0 Å². The molecule has 3 N–H and O–H groups in total. The Labute approximate surface area is 112 Å². The molecule has 5 heteroatoms. The van der Waals surface area contributed by atoms with Crippen LogP contribution in [0.25, 0.3) is 0 Å². The number of amides is 1. The lowest BCUT2D eigenvalue weighted by Gasteiger charge is -2.31. The molecule has 4 nitrogen and oxygen atoms in total. The minimum atomic E-state index is -0.363. The van der Waals surface area contributed by atoms with Crippen LogP contribution in [-0.2, 0) is 11.3 Å². The van der Waals surface area contributed by atoms with Crippen LogP contribution in [0.2, 0.25) is 0 Å². The first kappa shape index (κ1) is 13.8. The molecule has 104 valence electrons. The zero-order chi connectivity index (χ0) is 13.8. The Bertz CT molecular complexity index is 456. The molecule has 1 saturated heterocycles. The van der Waals surface area contributed by atoms with E-state index in [-0.39, 0.29) is 23.3 Å². The van der Waals surface area contributed by atoms with Crippen molar-refractivity contribution >= 4 is 11.6 Å². The van der Waals surface area contributed by atoms with Gasteiger partial charge in [0.25, 0.3) is 0 Å². The number of nitrogens with two attached hydrogens (primary N) is 1. The predicted molar refractivity (Wildman–Crippen MR) is 72.9 cm³/mol. The molecule has 0 spiro atoms. The van der Waals surface area contributed by atoms with Gasteiger partial charge in [-0.2, -0.15) is 0 Å². The number of carbonyl (C=O) groups is 1. The van der Waals surface area contributed by atoms with Crippen LogP contribution in [0.4, 0.5) is 10.1 Å². The third-order valence-corrected chi connectivity index (χ3v) is 3.68. The molecule has 0 saturated carbocycles. The topological polar surface area (TPSA) is 58.4 Å². The first-order valence-corrected chi connectivity index (χ1v) is 6.58. The zero-order valence-corrected chi connectivity index (χ0v) is 11.2. The summed E-state index contributed by atoms with van der Waals surface area (Å²) in [6, 6.07) is 4.94. The van der Waals surface area contributed by atoms with E-state index >= 15 is 0 Å². The number of halogens is 1. The van der Waals surface area contributed by atoms with E-state index in [9.17, 15) is 9.18 Å². The van der Waals surface area contributed by atoms with Crippen LogP contribution in [0, 0.1) is 11.7 Å². The van der Waals surface area contributed by atoms with Crippen molar-refractivity contribution in [2.45, 2.75) is 19.4 Å². The van der Waals surface area contributed by atoms with Crippen molar-refractivity contribution in [1.82, 2.24) is 10.2 Å². The van der Waals surface area contributed by atoms with E-state index in [0.717, 1.165) is 31.5 Å². The molecule has 0 aliphatic carbocycles. The number of hydrogen-bond donors (Lipinski definition) is 2. The number of hydrogen-bond acceptors (Lipinski definition) is 3. The SMILES string of the molecule is CNC(=O)C1CCN(Cc2ccc(N)c(F)c2)CC1. The lowest BCUT2D eigenvalue weighted by molar-refractivity contribution is -0.125. The molecule has 19 heavy (non-hydrogen) atoms. The Morgan fingerprint density at radius 2 is 2.16 bits per heavy atom.